The van der Waals surface area contributed by atoms with Gasteiger partial charge in [0.15, 0.2) is 11.0 Å². The maximum atomic E-state index is 12.3. The lowest BCUT2D eigenvalue weighted by Gasteiger charge is -2.12. The average Bonchev–Trinajstić information content (AvgIpc) is 3.19. The number of hydrogen-bond acceptors (Lipinski definition) is 5. The second-order valence-corrected chi connectivity index (χ2v) is 8.49. The molecule has 164 valence electrons. The molecule has 0 bridgehead atoms. The summed E-state index contributed by atoms with van der Waals surface area (Å²) in [6, 6.07) is 20.1. The summed E-state index contributed by atoms with van der Waals surface area (Å²) in [6.07, 6.45) is 0. The van der Waals surface area contributed by atoms with Gasteiger partial charge >= 0.3 is 0 Å². The van der Waals surface area contributed by atoms with Crippen LogP contribution in [0.2, 0.25) is 0 Å². The maximum Gasteiger partial charge on any atom is 0.234 e. The molecule has 0 aliphatic carbocycles. The number of ether oxygens (including phenoxy) is 1. The number of nitrogens with one attached hydrogen (secondary N) is 1. The third kappa shape index (κ3) is 4.94. The monoisotopic (exact) mass is 446 g/mol. The molecule has 32 heavy (non-hydrogen) atoms. The van der Waals surface area contributed by atoms with Crippen LogP contribution in [-0.4, -0.2) is 26.4 Å². The Labute approximate surface area is 192 Å². The number of nitrogens with zero attached hydrogens (tertiary/aromatic N) is 3. The van der Waals surface area contributed by atoms with Crippen molar-refractivity contribution in [2.45, 2.75) is 39.1 Å². The average molecular weight is 447 g/mol. The van der Waals surface area contributed by atoms with Gasteiger partial charge in [0.25, 0.3) is 0 Å². The number of aryl methyl sites for hydroxylation is 2. The largest absolute Gasteiger partial charge is 0.485 e. The number of rotatable bonds is 8. The van der Waals surface area contributed by atoms with Gasteiger partial charge in [0.2, 0.25) is 5.91 Å². The zero-order chi connectivity index (χ0) is 22.5. The van der Waals surface area contributed by atoms with Crippen molar-refractivity contribution in [3.8, 4) is 5.75 Å². The Morgan fingerprint density at radius 1 is 1.06 bits per heavy atom. The van der Waals surface area contributed by atoms with E-state index in [0.29, 0.717) is 18.3 Å². The van der Waals surface area contributed by atoms with Crippen LogP contribution >= 0.6 is 11.8 Å². The molecule has 1 N–H and O–H groups in total. The van der Waals surface area contributed by atoms with Crippen molar-refractivity contribution in [1.29, 1.82) is 0 Å². The summed E-state index contributed by atoms with van der Waals surface area (Å²) in [5, 5.41) is 14.6. The molecule has 3 aromatic carbocycles. The van der Waals surface area contributed by atoms with Gasteiger partial charge in [0.05, 0.1) is 5.75 Å². The first-order chi connectivity index (χ1) is 15.5. The van der Waals surface area contributed by atoms with Crippen molar-refractivity contribution in [1.82, 2.24) is 14.8 Å². The second-order valence-electron chi connectivity index (χ2n) is 7.55. The summed E-state index contributed by atoms with van der Waals surface area (Å²) in [5.74, 6) is 1.76. The van der Waals surface area contributed by atoms with Gasteiger partial charge in [0, 0.05) is 12.2 Å². The zero-order valence-electron chi connectivity index (χ0n) is 18.5. The Kier molecular flexibility index (Phi) is 6.75. The number of carbonyl (C=O) groups is 1. The standard InChI is InChI=1S/C25H26N4O2S/c1-4-29-23(15-31-22-13-12-19-9-5-6-11-21(19)18(22)3)27-28-25(29)32-16-24(30)26-20-10-7-8-17(2)14-20/h5-14H,4,15-16H2,1-3H3,(H,26,30). The van der Waals surface area contributed by atoms with E-state index in [0.717, 1.165) is 28.4 Å². The Morgan fingerprint density at radius 2 is 1.91 bits per heavy atom. The first kappa shape index (κ1) is 21.9. The summed E-state index contributed by atoms with van der Waals surface area (Å²) in [7, 11) is 0. The molecule has 0 fully saturated rings. The van der Waals surface area contributed by atoms with E-state index in [1.807, 2.05) is 60.9 Å². The molecule has 0 saturated heterocycles. The Balaban J connectivity index is 1.40. The highest BCUT2D eigenvalue weighted by Gasteiger charge is 2.15. The second kappa shape index (κ2) is 9.87. The van der Waals surface area contributed by atoms with Gasteiger partial charge in [-0.3, -0.25) is 4.79 Å². The van der Waals surface area contributed by atoms with Crippen molar-refractivity contribution in [3.05, 3.63) is 77.6 Å². The molecule has 4 rings (SSSR count). The zero-order valence-corrected chi connectivity index (χ0v) is 19.3. The predicted octanol–water partition coefficient (Wildman–Crippen LogP) is 5.38. The number of aromatic nitrogens is 3. The van der Waals surface area contributed by atoms with E-state index in [4.69, 9.17) is 4.74 Å². The SMILES string of the molecule is CCn1c(COc2ccc3ccccc3c2C)nnc1SCC(=O)Nc1cccc(C)c1. The highest BCUT2D eigenvalue weighted by molar-refractivity contribution is 7.99. The maximum absolute atomic E-state index is 12.3. The third-order valence-corrected chi connectivity index (χ3v) is 6.22. The molecule has 0 unspecified atom stereocenters. The van der Waals surface area contributed by atoms with Gasteiger partial charge < -0.3 is 14.6 Å². The quantitative estimate of drug-likeness (QED) is 0.368. The topological polar surface area (TPSA) is 69.0 Å². The third-order valence-electron chi connectivity index (χ3n) is 5.25. The molecule has 7 heteroatoms. The number of thioether (sulfide) groups is 1. The summed E-state index contributed by atoms with van der Waals surface area (Å²) < 4.78 is 8.08. The Morgan fingerprint density at radius 3 is 2.72 bits per heavy atom. The highest BCUT2D eigenvalue weighted by atomic mass is 32.2. The van der Waals surface area contributed by atoms with Crippen molar-refractivity contribution in [2.75, 3.05) is 11.1 Å². The molecule has 0 saturated carbocycles. The highest BCUT2D eigenvalue weighted by Crippen LogP contribution is 2.28. The fourth-order valence-electron chi connectivity index (χ4n) is 3.61. The lowest BCUT2D eigenvalue weighted by molar-refractivity contribution is -0.113. The van der Waals surface area contributed by atoms with Crippen LogP contribution in [0.25, 0.3) is 10.8 Å². The molecule has 1 amide bonds. The van der Waals surface area contributed by atoms with Crippen LogP contribution in [0, 0.1) is 13.8 Å². The number of fused-ring (bicyclic) bond motifs is 1. The van der Waals surface area contributed by atoms with Crippen molar-refractivity contribution in [2.24, 2.45) is 0 Å². The molecule has 4 aromatic rings. The summed E-state index contributed by atoms with van der Waals surface area (Å²) >= 11 is 1.37. The number of benzene rings is 3. The smallest absolute Gasteiger partial charge is 0.234 e. The van der Waals surface area contributed by atoms with Crippen LogP contribution in [0.3, 0.4) is 0 Å². The number of carbonyl (C=O) groups excluding carboxylic acids is 1. The predicted molar refractivity (Wildman–Crippen MR) is 129 cm³/mol. The lowest BCUT2D eigenvalue weighted by atomic mass is 10.0. The molecule has 6 nitrogen and oxygen atoms in total. The van der Waals surface area contributed by atoms with Crippen molar-refractivity contribution >= 4 is 34.1 Å². The van der Waals surface area contributed by atoms with Crippen molar-refractivity contribution in [3.63, 3.8) is 0 Å². The van der Waals surface area contributed by atoms with E-state index in [1.165, 1.54) is 22.5 Å². The van der Waals surface area contributed by atoms with Crippen LogP contribution in [-0.2, 0) is 17.9 Å². The summed E-state index contributed by atoms with van der Waals surface area (Å²) in [5.41, 5.74) is 3.01. The molecule has 1 heterocycles. The van der Waals surface area contributed by atoms with E-state index >= 15 is 0 Å². The van der Waals surface area contributed by atoms with Crippen LogP contribution in [0.5, 0.6) is 5.75 Å². The summed E-state index contributed by atoms with van der Waals surface area (Å²) in [6.45, 7) is 7.11. The number of amides is 1. The van der Waals surface area contributed by atoms with E-state index < -0.39 is 0 Å². The summed E-state index contributed by atoms with van der Waals surface area (Å²) in [4.78, 5) is 12.3. The normalized spacial score (nSPS) is 11.0. The molecular formula is C25H26N4O2S. The molecule has 0 aliphatic heterocycles. The minimum atomic E-state index is -0.0733. The van der Waals surface area contributed by atoms with Gasteiger partial charge in [-0.1, -0.05) is 54.2 Å². The van der Waals surface area contributed by atoms with Crippen molar-refractivity contribution < 1.29 is 9.53 Å². The van der Waals surface area contributed by atoms with Gasteiger partial charge in [0.1, 0.15) is 12.4 Å². The molecule has 0 spiro atoms. The Hall–Kier alpha value is -3.32. The number of hydrogen-bond donors (Lipinski definition) is 1. The molecule has 1 aromatic heterocycles. The number of anilines is 1. The fourth-order valence-corrected chi connectivity index (χ4v) is 4.43. The van der Waals surface area contributed by atoms with Gasteiger partial charge in [-0.15, -0.1) is 10.2 Å². The lowest BCUT2D eigenvalue weighted by Crippen LogP contribution is -2.15. The van der Waals surface area contributed by atoms with Gasteiger partial charge in [-0.25, -0.2) is 0 Å². The van der Waals surface area contributed by atoms with Crippen LogP contribution < -0.4 is 10.1 Å². The van der Waals surface area contributed by atoms with E-state index in [-0.39, 0.29) is 11.7 Å². The minimum absolute atomic E-state index is 0.0733. The minimum Gasteiger partial charge on any atom is -0.485 e. The van der Waals surface area contributed by atoms with E-state index in [2.05, 4.69) is 40.6 Å². The van der Waals surface area contributed by atoms with E-state index in [1.54, 1.807) is 0 Å². The van der Waals surface area contributed by atoms with Crippen LogP contribution in [0.4, 0.5) is 5.69 Å². The molecule has 0 atom stereocenters. The van der Waals surface area contributed by atoms with Crippen LogP contribution in [0.15, 0.2) is 65.8 Å². The Bertz CT molecular complexity index is 1250. The first-order valence-corrected chi connectivity index (χ1v) is 11.6. The molecular weight excluding hydrogens is 420 g/mol. The van der Waals surface area contributed by atoms with E-state index in [9.17, 15) is 4.79 Å². The van der Waals surface area contributed by atoms with Crippen LogP contribution in [0.1, 0.15) is 23.9 Å². The molecule has 0 radical (unpaired) electrons. The fraction of sp³-hybridized carbons (Fsp3) is 0.240. The van der Waals surface area contributed by atoms with Gasteiger partial charge in [-0.05, 0) is 60.9 Å². The molecule has 0 aliphatic rings. The van der Waals surface area contributed by atoms with Gasteiger partial charge in [-0.2, -0.15) is 0 Å². The first-order valence-electron chi connectivity index (χ1n) is 10.6.